The van der Waals surface area contributed by atoms with E-state index in [0.29, 0.717) is 12.4 Å². The van der Waals surface area contributed by atoms with Crippen molar-refractivity contribution in [3.8, 4) is 0 Å². The van der Waals surface area contributed by atoms with Gasteiger partial charge in [-0.3, -0.25) is 5.32 Å². The van der Waals surface area contributed by atoms with Gasteiger partial charge >= 0.3 is 12.1 Å². The number of hydrogen-bond donors (Lipinski definition) is 2. The molecule has 1 aromatic rings. The highest BCUT2D eigenvalue weighted by Gasteiger charge is 2.17. The fraction of sp³-hybridized carbons (Fsp3) is 0.588. The number of carbonyl (C=O) groups is 2. The monoisotopic (exact) mass is 334 g/mol. The van der Waals surface area contributed by atoms with Crippen LogP contribution in [-0.2, 0) is 11.3 Å². The van der Waals surface area contributed by atoms with Gasteiger partial charge in [0.2, 0.25) is 0 Å². The van der Waals surface area contributed by atoms with Crippen LogP contribution in [0.15, 0.2) is 18.3 Å². The maximum absolute atomic E-state index is 12.0. The number of pyridine rings is 1. The van der Waals surface area contributed by atoms with E-state index >= 15 is 0 Å². The lowest BCUT2D eigenvalue weighted by Gasteiger charge is -2.26. The molecule has 0 unspecified atom stereocenters. The Hall–Kier alpha value is -2.31. The Morgan fingerprint density at radius 3 is 2.50 bits per heavy atom. The van der Waals surface area contributed by atoms with Crippen LogP contribution in [0.5, 0.6) is 0 Å². The fourth-order valence-electron chi connectivity index (χ4n) is 2.40. The Labute approximate surface area is 142 Å². The van der Waals surface area contributed by atoms with Crippen LogP contribution < -0.4 is 10.6 Å². The zero-order valence-electron chi connectivity index (χ0n) is 14.6. The zero-order chi connectivity index (χ0) is 17.6. The van der Waals surface area contributed by atoms with E-state index in [1.165, 1.54) is 6.42 Å². The second-order valence-corrected chi connectivity index (χ2v) is 6.88. The van der Waals surface area contributed by atoms with Gasteiger partial charge in [0, 0.05) is 25.8 Å². The molecule has 2 heterocycles. The number of nitrogens with one attached hydrogen (secondary N) is 2. The number of piperidine rings is 1. The summed E-state index contributed by atoms with van der Waals surface area (Å²) in [6.07, 6.45) is 4.42. The maximum Gasteiger partial charge on any atom is 0.413 e. The molecule has 1 aromatic heterocycles. The highest BCUT2D eigenvalue weighted by atomic mass is 16.6. The molecule has 24 heavy (non-hydrogen) atoms. The van der Waals surface area contributed by atoms with Crippen LogP contribution in [0.3, 0.4) is 0 Å². The number of ether oxygens (including phenoxy) is 1. The molecule has 0 aliphatic carbocycles. The largest absolute Gasteiger partial charge is 0.444 e. The van der Waals surface area contributed by atoms with Crippen molar-refractivity contribution in [3.63, 3.8) is 0 Å². The lowest BCUT2D eigenvalue weighted by Crippen LogP contribution is -2.42. The topological polar surface area (TPSA) is 83.6 Å². The van der Waals surface area contributed by atoms with Crippen LogP contribution >= 0.6 is 0 Å². The van der Waals surface area contributed by atoms with Crippen LogP contribution in [0.2, 0.25) is 0 Å². The zero-order valence-corrected chi connectivity index (χ0v) is 14.6. The van der Waals surface area contributed by atoms with E-state index < -0.39 is 11.7 Å². The van der Waals surface area contributed by atoms with Crippen molar-refractivity contribution in [3.05, 3.63) is 23.9 Å². The van der Waals surface area contributed by atoms with Crippen LogP contribution in [0.4, 0.5) is 15.4 Å². The Bertz CT molecular complexity index is 560. The average Bonchev–Trinajstić information content (AvgIpc) is 2.53. The molecule has 1 saturated heterocycles. The van der Waals surface area contributed by atoms with E-state index in [2.05, 4.69) is 15.6 Å². The molecule has 132 valence electrons. The summed E-state index contributed by atoms with van der Waals surface area (Å²) in [4.78, 5) is 29.7. The third-order valence-electron chi connectivity index (χ3n) is 3.54. The van der Waals surface area contributed by atoms with Gasteiger partial charge in [0.05, 0.1) is 0 Å². The molecule has 0 atom stereocenters. The third-order valence-corrected chi connectivity index (χ3v) is 3.54. The van der Waals surface area contributed by atoms with Crippen LogP contribution in [0.25, 0.3) is 0 Å². The molecular weight excluding hydrogens is 308 g/mol. The second kappa shape index (κ2) is 7.99. The van der Waals surface area contributed by atoms with Crippen LogP contribution in [-0.4, -0.2) is 40.7 Å². The van der Waals surface area contributed by atoms with Crippen molar-refractivity contribution in [1.82, 2.24) is 15.2 Å². The van der Waals surface area contributed by atoms with E-state index in [4.69, 9.17) is 4.74 Å². The summed E-state index contributed by atoms with van der Waals surface area (Å²) in [5.74, 6) is 0.412. The minimum Gasteiger partial charge on any atom is -0.444 e. The summed E-state index contributed by atoms with van der Waals surface area (Å²) in [7, 11) is 0. The SMILES string of the molecule is CC(C)(C)OC(=O)Nc1ccc(CNC(=O)N2CCCCC2)cn1. The first-order valence-electron chi connectivity index (χ1n) is 8.31. The van der Waals surface area contributed by atoms with E-state index in [9.17, 15) is 9.59 Å². The van der Waals surface area contributed by atoms with Crippen LogP contribution in [0, 0.1) is 0 Å². The van der Waals surface area contributed by atoms with Gasteiger partial charge in [0.1, 0.15) is 11.4 Å². The molecule has 1 fully saturated rings. The predicted octanol–water partition coefficient (Wildman–Crippen LogP) is 3.12. The van der Waals surface area contributed by atoms with E-state index in [1.807, 2.05) is 11.0 Å². The Balaban J connectivity index is 1.79. The van der Waals surface area contributed by atoms with Gasteiger partial charge in [-0.2, -0.15) is 0 Å². The van der Waals surface area contributed by atoms with Gasteiger partial charge in [0.15, 0.2) is 0 Å². The van der Waals surface area contributed by atoms with Gasteiger partial charge in [-0.15, -0.1) is 0 Å². The van der Waals surface area contributed by atoms with Gasteiger partial charge in [-0.1, -0.05) is 6.07 Å². The van der Waals surface area contributed by atoms with Crippen molar-refractivity contribution < 1.29 is 14.3 Å². The first-order valence-corrected chi connectivity index (χ1v) is 8.31. The number of carbonyl (C=O) groups excluding carboxylic acids is 2. The fourth-order valence-corrected chi connectivity index (χ4v) is 2.40. The lowest BCUT2D eigenvalue weighted by molar-refractivity contribution is 0.0635. The highest BCUT2D eigenvalue weighted by molar-refractivity contribution is 5.83. The van der Waals surface area contributed by atoms with Gasteiger partial charge < -0.3 is 15.0 Å². The molecule has 2 rings (SSSR count). The Morgan fingerprint density at radius 1 is 1.21 bits per heavy atom. The predicted molar refractivity (Wildman–Crippen MR) is 91.8 cm³/mol. The van der Waals surface area contributed by atoms with Gasteiger partial charge in [0.25, 0.3) is 0 Å². The molecule has 1 aliphatic rings. The number of rotatable bonds is 3. The van der Waals surface area contributed by atoms with Gasteiger partial charge in [-0.05, 0) is 51.7 Å². The molecule has 3 amide bonds. The van der Waals surface area contributed by atoms with E-state index in [-0.39, 0.29) is 6.03 Å². The minimum absolute atomic E-state index is 0.0364. The van der Waals surface area contributed by atoms with Crippen molar-refractivity contribution in [2.45, 2.75) is 52.2 Å². The number of amides is 3. The maximum atomic E-state index is 12.0. The summed E-state index contributed by atoms with van der Waals surface area (Å²) in [5.41, 5.74) is 0.318. The summed E-state index contributed by atoms with van der Waals surface area (Å²) < 4.78 is 5.17. The van der Waals surface area contributed by atoms with Gasteiger partial charge in [-0.25, -0.2) is 14.6 Å². The number of hydrogen-bond acceptors (Lipinski definition) is 4. The quantitative estimate of drug-likeness (QED) is 0.889. The molecule has 0 aromatic carbocycles. The summed E-state index contributed by atoms with van der Waals surface area (Å²) in [5, 5.41) is 5.47. The number of anilines is 1. The van der Waals surface area contributed by atoms with Crippen molar-refractivity contribution in [1.29, 1.82) is 0 Å². The molecular formula is C17H26N4O3. The summed E-state index contributed by atoms with van der Waals surface area (Å²) >= 11 is 0. The Morgan fingerprint density at radius 2 is 1.92 bits per heavy atom. The average molecular weight is 334 g/mol. The highest BCUT2D eigenvalue weighted by Crippen LogP contribution is 2.11. The summed E-state index contributed by atoms with van der Waals surface area (Å²) in [6.45, 7) is 7.46. The number of nitrogens with zero attached hydrogens (tertiary/aromatic N) is 2. The normalized spacial score (nSPS) is 14.9. The standard InChI is InChI=1S/C17H26N4O3/c1-17(2,3)24-16(23)20-14-8-7-13(11-18-14)12-19-15(22)21-9-5-4-6-10-21/h7-8,11H,4-6,9-10,12H2,1-3H3,(H,19,22)(H,18,20,23). The number of urea groups is 1. The number of aromatic nitrogens is 1. The second-order valence-electron chi connectivity index (χ2n) is 6.88. The molecule has 7 heteroatoms. The van der Waals surface area contributed by atoms with Crippen molar-refractivity contribution in [2.75, 3.05) is 18.4 Å². The van der Waals surface area contributed by atoms with Crippen molar-refractivity contribution >= 4 is 17.9 Å². The molecule has 0 bridgehead atoms. The Kier molecular flexibility index (Phi) is 6.00. The molecule has 7 nitrogen and oxygen atoms in total. The molecule has 2 N–H and O–H groups in total. The molecule has 0 saturated carbocycles. The molecule has 0 radical (unpaired) electrons. The van der Waals surface area contributed by atoms with E-state index in [0.717, 1.165) is 31.5 Å². The van der Waals surface area contributed by atoms with Crippen molar-refractivity contribution in [2.24, 2.45) is 0 Å². The molecule has 0 spiro atoms. The lowest BCUT2D eigenvalue weighted by atomic mass is 10.1. The first kappa shape index (κ1) is 18.0. The minimum atomic E-state index is -0.553. The van der Waals surface area contributed by atoms with E-state index in [1.54, 1.807) is 33.0 Å². The summed E-state index contributed by atoms with van der Waals surface area (Å²) in [6, 6.07) is 3.47. The smallest absolute Gasteiger partial charge is 0.413 e. The number of likely N-dealkylation sites (tertiary alicyclic amines) is 1. The van der Waals surface area contributed by atoms with Crippen LogP contribution in [0.1, 0.15) is 45.6 Å². The third kappa shape index (κ3) is 6.06. The molecule has 1 aliphatic heterocycles. The first-order chi connectivity index (χ1) is 11.3.